The van der Waals surface area contributed by atoms with E-state index in [1.807, 2.05) is 0 Å². The average molecular weight is 343 g/mol. The predicted octanol–water partition coefficient (Wildman–Crippen LogP) is 3.16. The summed E-state index contributed by atoms with van der Waals surface area (Å²) in [6.45, 7) is 1.43. The minimum Gasteiger partial charge on any atom is -0.495 e. The van der Waals surface area contributed by atoms with Crippen molar-refractivity contribution < 1.29 is 14.3 Å². The number of anilines is 2. The molecule has 2 amide bonds. The second-order valence-electron chi connectivity index (χ2n) is 4.29. The minimum atomic E-state index is -0.162. The number of unbranched alkanes of at least 4 members (excludes halogenated alkanes) is 1. The third-order valence-corrected chi connectivity index (χ3v) is 3.14. The lowest BCUT2D eigenvalue weighted by Crippen LogP contribution is -2.13. The zero-order valence-corrected chi connectivity index (χ0v) is 13.2. The molecule has 20 heavy (non-hydrogen) atoms. The second kappa shape index (κ2) is 8.58. The molecular weight excluding hydrogens is 324 g/mol. The molecule has 5 nitrogen and oxygen atoms in total. The van der Waals surface area contributed by atoms with E-state index < -0.39 is 0 Å². The minimum absolute atomic E-state index is 0.0655. The Labute approximate surface area is 127 Å². The third kappa shape index (κ3) is 5.61. The molecule has 0 unspecified atom stereocenters. The molecule has 0 saturated heterocycles. The number of benzene rings is 1. The van der Waals surface area contributed by atoms with Gasteiger partial charge >= 0.3 is 0 Å². The molecule has 110 valence electrons. The zero-order chi connectivity index (χ0) is 15.0. The average Bonchev–Trinajstić information content (AvgIpc) is 2.38. The Hall–Kier alpha value is -1.56. The van der Waals surface area contributed by atoms with Crippen LogP contribution in [0.1, 0.15) is 26.2 Å². The van der Waals surface area contributed by atoms with Crippen LogP contribution >= 0.6 is 15.9 Å². The van der Waals surface area contributed by atoms with Crippen LogP contribution in [0.4, 0.5) is 11.4 Å². The molecule has 0 spiro atoms. The van der Waals surface area contributed by atoms with E-state index in [0.717, 1.165) is 18.2 Å². The molecule has 0 aliphatic carbocycles. The fourth-order valence-corrected chi connectivity index (χ4v) is 2.08. The van der Waals surface area contributed by atoms with Crippen LogP contribution in [0.15, 0.2) is 18.2 Å². The van der Waals surface area contributed by atoms with Gasteiger partial charge in [0.25, 0.3) is 0 Å². The second-order valence-corrected chi connectivity index (χ2v) is 5.08. The van der Waals surface area contributed by atoms with Gasteiger partial charge in [0, 0.05) is 24.4 Å². The quantitative estimate of drug-likeness (QED) is 0.590. The van der Waals surface area contributed by atoms with E-state index in [4.69, 9.17) is 4.74 Å². The van der Waals surface area contributed by atoms with Crippen LogP contribution in [0, 0.1) is 0 Å². The monoisotopic (exact) mass is 342 g/mol. The van der Waals surface area contributed by atoms with E-state index in [1.54, 1.807) is 18.2 Å². The van der Waals surface area contributed by atoms with E-state index in [0.29, 0.717) is 23.5 Å². The molecule has 0 bridgehead atoms. The first kappa shape index (κ1) is 16.5. The molecule has 0 aliphatic heterocycles. The van der Waals surface area contributed by atoms with Crippen molar-refractivity contribution in [2.75, 3.05) is 23.1 Å². The van der Waals surface area contributed by atoms with Gasteiger partial charge in [-0.15, -0.1) is 0 Å². The first-order valence-corrected chi connectivity index (χ1v) is 7.50. The number of carbonyl (C=O) groups excluding carboxylic acids is 2. The normalized spacial score (nSPS) is 9.95. The van der Waals surface area contributed by atoms with Crippen LogP contribution in [0.25, 0.3) is 0 Å². The predicted molar refractivity (Wildman–Crippen MR) is 83.6 cm³/mol. The maximum atomic E-state index is 11.8. The highest BCUT2D eigenvalue weighted by molar-refractivity contribution is 9.09. The smallest absolute Gasteiger partial charge is 0.224 e. The van der Waals surface area contributed by atoms with Gasteiger partial charge in [0.15, 0.2) is 0 Å². The highest BCUT2D eigenvalue weighted by Gasteiger charge is 2.09. The summed E-state index contributed by atoms with van der Waals surface area (Å²) in [5.74, 6) is 0.335. The summed E-state index contributed by atoms with van der Waals surface area (Å²) >= 11 is 3.33. The molecule has 1 rings (SSSR count). The molecule has 2 N–H and O–H groups in total. The Balaban J connectivity index is 2.74. The summed E-state index contributed by atoms with van der Waals surface area (Å²) in [6.07, 6.45) is 2.24. The topological polar surface area (TPSA) is 67.4 Å². The number of ether oxygens (including phenoxy) is 1. The summed E-state index contributed by atoms with van der Waals surface area (Å²) in [7, 11) is 1.54. The summed E-state index contributed by atoms with van der Waals surface area (Å²) in [5, 5.41) is 6.36. The Morgan fingerprint density at radius 3 is 2.60 bits per heavy atom. The molecule has 1 aromatic carbocycles. The van der Waals surface area contributed by atoms with Crippen molar-refractivity contribution in [3.8, 4) is 5.75 Å². The Bertz CT molecular complexity index is 477. The summed E-state index contributed by atoms with van der Waals surface area (Å²) in [6, 6.07) is 5.11. The Kier molecular flexibility index (Phi) is 7.08. The van der Waals surface area contributed by atoms with Crippen molar-refractivity contribution in [1.29, 1.82) is 0 Å². The highest BCUT2D eigenvalue weighted by atomic mass is 79.9. The molecule has 0 aliphatic rings. The zero-order valence-electron chi connectivity index (χ0n) is 11.7. The number of nitrogens with one attached hydrogen (secondary N) is 2. The van der Waals surface area contributed by atoms with Crippen molar-refractivity contribution >= 4 is 39.1 Å². The van der Waals surface area contributed by atoms with Gasteiger partial charge in [-0.1, -0.05) is 15.9 Å². The van der Waals surface area contributed by atoms with Crippen LogP contribution in [0.5, 0.6) is 5.75 Å². The number of hydrogen-bond acceptors (Lipinski definition) is 3. The van der Waals surface area contributed by atoms with E-state index >= 15 is 0 Å². The molecular formula is C14H19BrN2O3. The largest absolute Gasteiger partial charge is 0.495 e. The molecule has 0 saturated carbocycles. The van der Waals surface area contributed by atoms with Gasteiger partial charge in [-0.05, 0) is 31.0 Å². The Morgan fingerprint density at radius 2 is 2.00 bits per heavy atom. The SMILES string of the molecule is COc1ccc(NC(C)=O)cc1NC(=O)CCCCBr. The van der Waals surface area contributed by atoms with E-state index in [9.17, 15) is 9.59 Å². The number of amides is 2. The lowest BCUT2D eigenvalue weighted by Gasteiger charge is -2.12. The van der Waals surface area contributed by atoms with Gasteiger partial charge in [-0.25, -0.2) is 0 Å². The van der Waals surface area contributed by atoms with Crippen LogP contribution < -0.4 is 15.4 Å². The summed E-state index contributed by atoms with van der Waals surface area (Å²) < 4.78 is 5.20. The van der Waals surface area contributed by atoms with Crippen LogP contribution in [-0.4, -0.2) is 24.3 Å². The lowest BCUT2D eigenvalue weighted by molar-refractivity contribution is -0.116. The first-order chi connectivity index (χ1) is 9.56. The van der Waals surface area contributed by atoms with Crippen LogP contribution in [-0.2, 0) is 9.59 Å². The number of halogens is 1. The molecule has 0 atom stereocenters. The van der Waals surface area contributed by atoms with E-state index in [2.05, 4.69) is 26.6 Å². The van der Waals surface area contributed by atoms with Gasteiger partial charge < -0.3 is 15.4 Å². The summed E-state index contributed by atoms with van der Waals surface area (Å²) in [4.78, 5) is 22.9. The lowest BCUT2D eigenvalue weighted by atomic mass is 10.2. The molecule has 6 heteroatoms. The maximum Gasteiger partial charge on any atom is 0.224 e. The van der Waals surface area contributed by atoms with Crippen molar-refractivity contribution in [2.45, 2.75) is 26.2 Å². The van der Waals surface area contributed by atoms with Gasteiger partial charge in [0.05, 0.1) is 12.8 Å². The van der Waals surface area contributed by atoms with Gasteiger partial charge in [-0.3, -0.25) is 9.59 Å². The molecule has 0 fully saturated rings. The number of rotatable bonds is 7. The highest BCUT2D eigenvalue weighted by Crippen LogP contribution is 2.28. The van der Waals surface area contributed by atoms with Crippen LogP contribution in [0.2, 0.25) is 0 Å². The number of carbonyl (C=O) groups is 2. The number of methoxy groups -OCH3 is 1. The van der Waals surface area contributed by atoms with Crippen molar-refractivity contribution in [1.82, 2.24) is 0 Å². The number of alkyl halides is 1. The van der Waals surface area contributed by atoms with Crippen LogP contribution in [0.3, 0.4) is 0 Å². The Morgan fingerprint density at radius 1 is 1.25 bits per heavy atom. The number of hydrogen-bond donors (Lipinski definition) is 2. The van der Waals surface area contributed by atoms with Crippen molar-refractivity contribution in [3.05, 3.63) is 18.2 Å². The van der Waals surface area contributed by atoms with Crippen molar-refractivity contribution in [2.24, 2.45) is 0 Å². The molecule has 0 heterocycles. The van der Waals surface area contributed by atoms with Gasteiger partial charge in [0.2, 0.25) is 11.8 Å². The van der Waals surface area contributed by atoms with E-state index in [-0.39, 0.29) is 11.8 Å². The fraction of sp³-hybridized carbons (Fsp3) is 0.429. The fourth-order valence-electron chi connectivity index (χ4n) is 1.68. The summed E-state index contributed by atoms with van der Waals surface area (Å²) in [5.41, 5.74) is 1.18. The van der Waals surface area contributed by atoms with Gasteiger partial charge in [0.1, 0.15) is 5.75 Å². The third-order valence-electron chi connectivity index (χ3n) is 2.58. The maximum absolute atomic E-state index is 11.8. The first-order valence-electron chi connectivity index (χ1n) is 6.38. The molecule has 0 radical (unpaired) electrons. The van der Waals surface area contributed by atoms with Gasteiger partial charge in [-0.2, -0.15) is 0 Å². The van der Waals surface area contributed by atoms with Crippen molar-refractivity contribution in [3.63, 3.8) is 0 Å². The molecule has 1 aromatic rings. The standard InChI is InChI=1S/C14H19BrN2O3/c1-10(18)16-11-6-7-13(20-2)12(9-11)17-14(19)5-3-4-8-15/h6-7,9H,3-5,8H2,1-2H3,(H,16,18)(H,17,19). The van der Waals surface area contributed by atoms with E-state index in [1.165, 1.54) is 14.0 Å². The molecule has 0 aromatic heterocycles.